The Kier molecular flexibility index (Phi) is 5.35. The van der Waals surface area contributed by atoms with Gasteiger partial charge >= 0.3 is 0 Å². The molecule has 6 nitrogen and oxygen atoms in total. The Bertz CT molecular complexity index is 654. The van der Waals surface area contributed by atoms with Gasteiger partial charge in [-0.2, -0.15) is 0 Å². The summed E-state index contributed by atoms with van der Waals surface area (Å²) in [5.41, 5.74) is 0.0280. The van der Waals surface area contributed by atoms with Crippen molar-refractivity contribution >= 4 is 35.0 Å². The highest BCUT2D eigenvalue weighted by Crippen LogP contribution is 2.36. The summed E-state index contributed by atoms with van der Waals surface area (Å²) in [5.74, 6) is 0.460. The van der Waals surface area contributed by atoms with Crippen molar-refractivity contribution in [3.8, 4) is 0 Å². The minimum absolute atomic E-state index is 0.0280. The number of hydrogen-bond acceptors (Lipinski definition) is 6. The van der Waals surface area contributed by atoms with Crippen LogP contribution in [0.25, 0.3) is 0 Å². The molecule has 0 aliphatic carbocycles. The van der Waals surface area contributed by atoms with Crippen molar-refractivity contribution in [2.75, 3.05) is 11.9 Å². The fourth-order valence-corrected chi connectivity index (χ4v) is 2.63. The van der Waals surface area contributed by atoms with Gasteiger partial charge in [0.2, 0.25) is 5.95 Å². The number of anilines is 1. The van der Waals surface area contributed by atoms with E-state index in [-0.39, 0.29) is 5.69 Å². The lowest BCUT2D eigenvalue weighted by Crippen LogP contribution is -2.04. The van der Waals surface area contributed by atoms with Gasteiger partial charge in [0.25, 0.3) is 5.69 Å². The molecule has 110 valence electrons. The van der Waals surface area contributed by atoms with Crippen LogP contribution in [0.2, 0.25) is 5.02 Å². The van der Waals surface area contributed by atoms with Gasteiger partial charge in [0, 0.05) is 12.6 Å². The number of nitro groups is 1. The molecule has 1 N–H and O–H groups in total. The summed E-state index contributed by atoms with van der Waals surface area (Å²) in [6.07, 6.45) is 2.43. The molecule has 0 aliphatic heterocycles. The summed E-state index contributed by atoms with van der Waals surface area (Å²) in [7, 11) is 0. The van der Waals surface area contributed by atoms with Crippen LogP contribution >= 0.6 is 23.4 Å². The molecule has 1 heterocycles. The zero-order valence-electron chi connectivity index (χ0n) is 11.2. The molecule has 1 aromatic carbocycles. The van der Waals surface area contributed by atoms with E-state index in [1.807, 2.05) is 6.92 Å². The highest BCUT2D eigenvalue weighted by Gasteiger charge is 2.16. The molecule has 0 amide bonds. The number of halogens is 1. The van der Waals surface area contributed by atoms with Gasteiger partial charge in [-0.15, -0.1) is 0 Å². The van der Waals surface area contributed by atoms with E-state index in [4.69, 9.17) is 11.6 Å². The van der Waals surface area contributed by atoms with Gasteiger partial charge in [0.15, 0.2) is 0 Å². The molecular formula is C13H13ClN4O2S. The standard InChI is InChI=1S/C13H13ClN4O2S/c1-2-7-15-13-16-8-9(14)12(17-13)21-11-6-4-3-5-10(11)18(19)20/h3-6,8H,2,7H2,1H3,(H,15,16,17). The van der Waals surface area contributed by atoms with Gasteiger partial charge in [0.05, 0.1) is 21.0 Å². The average Bonchev–Trinajstić information content (AvgIpc) is 2.48. The summed E-state index contributed by atoms with van der Waals surface area (Å²) in [6.45, 7) is 2.78. The first-order chi connectivity index (χ1) is 10.1. The predicted octanol–water partition coefficient (Wildman–Crippen LogP) is 4.01. The third-order valence-electron chi connectivity index (χ3n) is 2.51. The van der Waals surface area contributed by atoms with Crippen LogP contribution in [0.15, 0.2) is 40.4 Å². The van der Waals surface area contributed by atoms with Crippen molar-refractivity contribution < 1.29 is 4.92 Å². The van der Waals surface area contributed by atoms with E-state index in [0.717, 1.165) is 24.7 Å². The van der Waals surface area contributed by atoms with Crippen LogP contribution in [0, 0.1) is 10.1 Å². The van der Waals surface area contributed by atoms with E-state index in [1.54, 1.807) is 18.2 Å². The molecule has 0 saturated carbocycles. The monoisotopic (exact) mass is 324 g/mol. The fourth-order valence-electron chi connectivity index (χ4n) is 1.54. The van der Waals surface area contributed by atoms with Gasteiger partial charge in [0.1, 0.15) is 5.03 Å². The zero-order chi connectivity index (χ0) is 15.2. The van der Waals surface area contributed by atoms with E-state index < -0.39 is 4.92 Å². The van der Waals surface area contributed by atoms with Gasteiger partial charge in [-0.1, -0.05) is 42.4 Å². The number of nitro benzene ring substituents is 1. The van der Waals surface area contributed by atoms with Gasteiger partial charge in [-0.05, 0) is 12.5 Å². The van der Waals surface area contributed by atoms with E-state index in [1.165, 1.54) is 12.3 Å². The number of hydrogen-bond donors (Lipinski definition) is 1. The molecular weight excluding hydrogens is 312 g/mol. The summed E-state index contributed by atoms with van der Waals surface area (Å²) in [5, 5.41) is 14.9. The van der Waals surface area contributed by atoms with Crippen LogP contribution in [-0.4, -0.2) is 21.4 Å². The predicted molar refractivity (Wildman–Crippen MR) is 83.0 cm³/mol. The first-order valence-corrected chi connectivity index (χ1v) is 7.49. The van der Waals surface area contributed by atoms with E-state index in [0.29, 0.717) is 20.9 Å². The Morgan fingerprint density at radius 2 is 2.19 bits per heavy atom. The molecule has 21 heavy (non-hydrogen) atoms. The summed E-state index contributed by atoms with van der Waals surface area (Å²) in [4.78, 5) is 19.5. The van der Waals surface area contributed by atoms with E-state index >= 15 is 0 Å². The van der Waals surface area contributed by atoms with Gasteiger partial charge < -0.3 is 5.32 Å². The lowest BCUT2D eigenvalue weighted by Gasteiger charge is -2.07. The van der Waals surface area contributed by atoms with Gasteiger partial charge in [-0.3, -0.25) is 10.1 Å². The first kappa shape index (κ1) is 15.5. The van der Waals surface area contributed by atoms with E-state index in [9.17, 15) is 10.1 Å². The lowest BCUT2D eigenvalue weighted by molar-refractivity contribution is -0.387. The third-order valence-corrected chi connectivity index (χ3v) is 3.97. The maximum atomic E-state index is 11.0. The molecule has 0 radical (unpaired) electrons. The molecule has 0 atom stereocenters. The maximum Gasteiger partial charge on any atom is 0.283 e. The third kappa shape index (κ3) is 4.05. The second-order valence-electron chi connectivity index (χ2n) is 4.10. The number of aromatic nitrogens is 2. The quantitative estimate of drug-likeness (QED) is 0.491. The zero-order valence-corrected chi connectivity index (χ0v) is 12.8. The molecule has 0 unspecified atom stereocenters. The van der Waals surface area contributed by atoms with Gasteiger partial charge in [-0.25, -0.2) is 9.97 Å². The lowest BCUT2D eigenvalue weighted by atomic mass is 10.3. The van der Waals surface area contributed by atoms with Crippen LogP contribution in [0.5, 0.6) is 0 Å². The van der Waals surface area contributed by atoms with Crippen molar-refractivity contribution in [3.05, 3.63) is 45.6 Å². The van der Waals surface area contributed by atoms with Crippen LogP contribution in [0.3, 0.4) is 0 Å². The average molecular weight is 325 g/mol. The smallest absolute Gasteiger partial charge is 0.283 e. The second-order valence-corrected chi connectivity index (χ2v) is 5.54. The minimum Gasteiger partial charge on any atom is -0.354 e. The SMILES string of the molecule is CCCNc1ncc(Cl)c(Sc2ccccc2[N+](=O)[O-])n1. The molecule has 0 aliphatic rings. The van der Waals surface area contributed by atoms with Crippen LogP contribution < -0.4 is 5.32 Å². The fraction of sp³-hybridized carbons (Fsp3) is 0.231. The number of para-hydroxylation sites is 1. The number of nitrogens with one attached hydrogen (secondary N) is 1. The second kappa shape index (κ2) is 7.24. The maximum absolute atomic E-state index is 11.0. The largest absolute Gasteiger partial charge is 0.354 e. The van der Waals surface area contributed by atoms with Crippen molar-refractivity contribution in [1.82, 2.24) is 9.97 Å². The summed E-state index contributed by atoms with van der Waals surface area (Å²) < 4.78 is 0. The first-order valence-electron chi connectivity index (χ1n) is 6.29. The summed E-state index contributed by atoms with van der Waals surface area (Å²) in [6, 6.07) is 6.48. The molecule has 0 bridgehead atoms. The highest BCUT2D eigenvalue weighted by atomic mass is 35.5. The van der Waals surface area contributed by atoms with Crippen molar-refractivity contribution in [2.45, 2.75) is 23.3 Å². The minimum atomic E-state index is -0.423. The Balaban J connectivity index is 2.29. The number of benzene rings is 1. The number of rotatable bonds is 6. The molecule has 0 spiro atoms. The molecule has 0 fully saturated rings. The van der Waals surface area contributed by atoms with Crippen molar-refractivity contribution in [2.24, 2.45) is 0 Å². The van der Waals surface area contributed by atoms with Crippen molar-refractivity contribution in [3.63, 3.8) is 0 Å². The Labute approximate surface area is 131 Å². The molecule has 2 rings (SSSR count). The van der Waals surface area contributed by atoms with Crippen LogP contribution in [0.1, 0.15) is 13.3 Å². The highest BCUT2D eigenvalue weighted by molar-refractivity contribution is 7.99. The van der Waals surface area contributed by atoms with Crippen LogP contribution in [-0.2, 0) is 0 Å². The molecule has 1 aromatic heterocycles. The van der Waals surface area contributed by atoms with Crippen molar-refractivity contribution in [1.29, 1.82) is 0 Å². The Morgan fingerprint density at radius 1 is 1.43 bits per heavy atom. The van der Waals surface area contributed by atoms with Crippen LogP contribution in [0.4, 0.5) is 11.6 Å². The Hall–Kier alpha value is -1.86. The molecule has 8 heteroatoms. The number of nitrogens with zero attached hydrogens (tertiary/aromatic N) is 3. The Morgan fingerprint density at radius 3 is 2.90 bits per heavy atom. The summed E-state index contributed by atoms with van der Waals surface area (Å²) >= 11 is 7.22. The molecule has 2 aromatic rings. The van der Waals surface area contributed by atoms with E-state index in [2.05, 4.69) is 15.3 Å². The topological polar surface area (TPSA) is 81.0 Å². The normalized spacial score (nSPS) is 10.4. The molecule has 0 saturated heterocycles.